The largest absolute Gasteiger partial charge is 0.494 e. The summed E-state index contributed by atoms with van der Waals surface area (Å²) in [6.45, 7) is 4.38. The van der Waals surface area contributed by atoms with Crippen LogP contribution >= 0.6 is 0 Å². The number of rotatable bonds is 4. The van der Waals surface area contributed by atoms with E-state index in [1.807, 2.05) is 36.4 Å². The molecule has 0 amide bonds. The van der Waals surface area contributed by atoms with Crippen molar-refractivity contribution in [3.63, 3.8) is 0 Å². The molecule has 0 aliphatic rings. The molecule has 0 bridgehead atoms. The predicted molar refractivity (Wildman–Crippen MR) is 69.7 cm³/mol. The van der Waals surface area contributed by atoms with Crippen LogP contribution in [-0.2, 0) is 0 Å². The van der Waals surface area contributed by atoms with Gasteiger partial charge in [0, 0.05) is 5.56 Å². The van der Waals surface area contributed by atoms with E-state index in [1.54, 1.807) is 6.92 Å². The van der Waals surface area contributed by atoms with E-state index < -0.39 is 0 Å². The monoisotopic (exact) mass is 228 g/mol. The van der Waals surface area contributed by atoms with Gasteiger partial charge in [0.05, 0.1) is 6.61 Å². The second kappa shape index (κ2) is 5.00. The van der Waals surface area contributed by atoms with Gasteiger partial charge in [0.2, 0.25) is 0 Å². The van der Waals surface area contributed by atoms with E-state index >= 15 is 0 Å². The van der Waals surface area contributed by atoms with Gasteiger partial charge in [0.1, 0.15) is 5.75 Å². The highest BCUT2D eigenvalue weighted by atomic mass is 16.5. The Labute approximate surface area is 101 Å². The van der Waals surface area contributed by atoms with E-state index in [0.717, 1.165) is 35.1 Å². The van der Waals surface area contributed by atoms with Crippen molar-refractivity contribution in [1.82, 2.24) is 0 Å². The van der Waals surface area contributed by atoms with Gasteiger partial charge < -0.3 is 4.74 Å². The average Bonchev–Trinajstić information content (AvgIpc) is 2.35. The van der Waals surface area contributed by atoms with Gasteiger partial charge in [-0.1, -0.05) is 25.1 Å². The van der Waals surface area contributed by atoms with Gasteiger partial charge in [-0.25, -0.2) is 0 Å². The molecule has 2 aromatic carbocycles. The molecule has 0 radical (unpaired) electrons. The van der Waals surface area contributed by atoms with Gasteiger partial charge in [0.15, 0.2) is 5.78 Å². The summed E-state index contributed by atoms with van der Waals surface area (Å²) in [7, 11) is 0. The van der Waals surface area contributed by atoms with Gasteiger partial charge in [-0.2, -0.15) is 0 Å². The lowest BCUT2D eigenvalue weighted by molar-refractivity contribution is 0.101. The van der Waals surface area contributed by atoms with Crippen molar-refractivity contribution in [2.75, 3.05) is 6.61 Å². The first kappa shape index (κ1) is 11.6. The first-order valence-corrected chi connectivity index (χ1v) is 5.88. The maximum Gasteiger partial charge on any atom is 0.159 e. The fourth-order valence-corrected chi connectivity index (χ4v) is 1.75. The zero-order chi connectivity index (χ0) is 12.3. The minimum absolute atomic E-state index is 0.0896. The van der Waals surface area contributed by atoms with Gasteiger partial charge >= 0.3 is 0 Å². The number of hydrogen-bond donors (Lipinski definition) is 0. The Bertz CT molecular complexity index is 544. The number of benzene rings is 2. The minimum atomic E-state index is 0.0896. The van der Waals surface area contributed by atoms with Crippen LogP contribution in [0.25, 0.3) is 10.8 Å². The molecule has 0 heterocycles. The summed E-state index contributed by atoms with van der Waals surface area (Å²) < 4.78 is 5.58. The Balaban J connectivity index is 2.39. The third-order valence-corrected chi connectivity index (χ3v) is 2.69. The number of fused-ring (bicyclic) bond motifs is 1. The molecule has 0 spiro atoms. The Hall–Kier alpha value is -1.83. The standard InChI is InChI=1S/C15H16O2/c1-3-8-17-15-7-6-12-4-5-13(11(2)16)9-14(12)10-15/h4-7,9-10H,3,8H2,1-2H3. The second-order valence-electron chi connectivity index (χ2n) is 4.13. The van der Waals surface area contributed by atoms with Gasteiger partial charge in [-0.15, -0.1) is 0 Å². The number of ether oxygens (including phenoxy) is 1. The van der Waals surface area contributed by atoms with Crippen LogP contribution in [0.15, 0.2) is 36.4 Å². The first-order chi connectivity index (χ1) is 8.20. The molecule has 2 nitrogen and oxygen atoms in total. The quantitative estimate of drug-likeness (QED) is 0.743. The molecule has 0 saturated heterocycles. The highest BCUT2D eigenvalue weighted by Crippen LogP contribution is 2.22. The molecule has 88 valence electrons. The van der Waals surface area contributed by atoms with Crippen molar-refractivity contribution >= 4 is 16.6 Å². The van der Waals surface area contributed by atoms with E-state index in [1.165, 1.54) is 0 Å². The summed E-state index contributed by atoms with van der Waals surface area (Å²) in [6.07, 6.45) is 0.992. The molecule has 2 aromatic rings. The molecule has 2 rings (SSSR count). The van der Waals surface area contributed by atoms with E-state index in [-0.39, 0.29) is 5.78 Å². The zero-order valence-electron chi connectivity index (χ0n) is 10.2. The fourth-order valence-electron chi connectivity index (χ4n) is 1.75. The number of carbonyl (C=O) groups excluding carboxylic acids is 1. The minimum Gasteiger partial charge on any atom is -0.494 e. The van der Waals surface area contributed by atoms with Crippen molar-refractivity contribution in [1.29, 1.82) is 0 Å². The molecule has 0 aliphatic heterocycles. The molecule has 0 N–H and O–H groups in total. The number of hydrogen-bond acceptors (Lipinski definition) is 2. The van der Waals surface area contributed by atoms with Crippen molar-refractivity contribution in [2.24, 2.45) is 0 Å². The smallest absolute Gasteiger partial charge is 0.159 e. The third kappa shape index (κ3) is 2.64. The summed E-state index contributed by atoms with van der Waals surface area (Å²) in [5.41, 5.74) is 0.741. The van der Waals surface area contributed by atoms with Crippen LogP contribution in [0.5, 0.6) is 5.75 Å². The Kier molecular flexibility index (Phi) is 3.43. The third-order valence-electron chi connectivity index (χ3n) is 2.69. The summed E-state index contributed by atoms with van der Waals surface area (Å²) >= 11 is 0. The Morgan fingerprint density at radius 3 is 2.59 bits per heavy atom. The maximum atomic E-state index is 11.3. The van der Waals surface area contributed by atoms with Crippen molar-refractivity contribution in [2.45, 2.75) is 20.3 Å². The highest BCUT2D eigenvalue weighted by molar-refractivity contribution is 5.98. The molecule has 17 heavy (non-hydrogen) atoms. The summed E-state index contributed by atoms with van der Waals surface area (Å²) in [6, 6.07) is 11.7. The number of ketones is 1. The van der Waals surface area contributed by atoms with Crippen LogP contribution in [0.3, 0.4) is 0 Å². The van der Waals surface area contributed by atoms with Gasteiger partial charge in [-0.05, 0) is 42.3 Å². The normalized spacial score (nSPS) is 10.5. The maximum absolute atomic E-state index is 11.3. The van der Waals surface area contributed by atoms with Crippen molar-refractivity contribution in [3.8, 4) is 5.75 Å². The molecule has 0 unspecified atom stereocenters. The summed E-state index contributed by atoms with van der Waals surface area (Å²) in [5.74, 6) is 0.951. The Morgan fingerprint density at radius 1 is 1.12 bits per heavy atom. The van der Waals surface area contributed by atoms with Crippen molar-refractivity contribution < 1.29 is 9.53 Å². The van der Waals surface area contributed by atoms with E-state index in [2.05, 4.69) is 6.92 Å². The van der Waals surface area contributed by atoms with E-state index in [4.69, 9.17) is 4.74 Å². The van der Waals surface area contributed by atoms with Gasteiger partial charge in [0.25, 0.3) is 0 Å². The lowest BCUT2D eigenvalue weighted by Gasteiger charge is -2.06. The fraction of sp³-hybridized carbons (Fsp3) is 0.267. The van der Waals surface area contributed by atoms with Crippen LogP contribution < -0.4 is 4.74 Å². The molecule has 0 aromatic heterocycles. The second-order valence-corrected chi connectivity index (χ2v) is 4.13. The SMILES string of the molecule is CCCOc1ccc2ccc(C(C)=O)cc2c1. The lowest BCUT2D eigenvalue weighted by atomic mass is 10.0. The molecule has 0 saturated carbocycles. The van der Waals surface area contributed by atoms with Gasteiger partial charge in [-0.3, -0.25) is 4.79 Å². The highest BCUT2D eigenvalue weighted by Gasteiger charge is 2.02. The molecule has 0 aliphatic carbocycles. The number of carbonyl (C=O) groups is 1. The molecule has 2 heteroatoms. The van der Waals surface area contributed by atoms with Crippen LogP contribution in [0, 0.1) is 0 Å². The van der Waals surface area contributed by atoms with Crippen LogP contribution in [0.4, 0.5) is 0 Å². The number of Topliss-reactive ketones (excluding diaryl/α,β-unsaturated/α-hetero) is 1. The molecule has 0 atom stereocenters. The van der Waals surface area contributed by atoms with Crippen LogP contribution in [-0.4, -0.2) is 12.4 Å². The van der Waals surface area contributed by atoms with E-state index in [9.17, 15) is 4.79 Å². The van der Waals surface area contributed by atoms with E-state index in [0.29, 0.717) is 0 Å². The van der Waals surface area contributed by atoms with Crippen LogP contribution in [0.2, 0.25) is 0 Å². The summed E-state index contributed by atoms with van der Waals surface area (Å²) in [4.78, 5) is 11.3. The summed E-state index contributed by atoms with van der Waals surface area (Å²) in [5, 5.41) is 2.17. The topological polar surface area (TPSA) is 26.3 Å². The average molecular weight is 228 g/mol. The Morgan fingerprint density at radius 2 is 1.88 bits per heavy atom. The molecular weight excluding hydrogens is 212 g/mol. The molecular formula is C15H16O2. The molecule has 0 fully saturated rings. The zero-order valence-corrected chi connectivity index (χ0v) is 10.2. The van der Waals surface area contributed by atoms with Crippen LogP contribution in [0.1, 0.15) is 30.6 Å². The predicted octanol–water partition coefficient (Wildman–Crippen LogP) is 3.83. The lowest BCUT2D eigenvalue weighted by Crippen LogP contribution is -1.95. The van der Waals surface area contributed by atoms with Crippen molar-refractivity contribution in [3.05, 3.63) is 42.0 Å². The first-order valence-electron chi connectivity index (χ1n) is 5.88.